The summed E-state index contributed by atoms with van der Waals surface area (Å²) in [5.74, 6) is 0.631. The summed E-state index contributed by atoms with van der Waals surface area (Å²) < 4.78 is 47.2. The highest BCUT2D eigenvalue weighted by Crippen LogP contribution is 2.56. The van der Waals surface area contributed by atoms with Gasteiger partial charge in [-0.05, 0) is 80.1 Å². The Kier molecular flexibility index (Phi) is 8.66. The number of likely N-dealkylation sites (tertiary alicyclic amines) is 1. The number of hydrogen-bond donors (Lipinski definition) is 0. The average molecular weight is 683 g/mol. The van der Waals surface area contributed by atoms with Gasteiger partial charge < -0.3 is 18.8 Å². The Balaban J connectivity index is 1.48. The van der Waals surface area contributed by atoms with Crippen molar-refractivity contribution in [3.05, 3.63) is 101 Å². The monoisotopic (exact) mass is 682 g/mol. The quantitative estimate of drug-likeness (QED) is 0.253. The summed E-state index contributed by atoms with van der Waals surface area (Å²) in [4.78, 5) is 26.7. The van der Waals surface area contributed by atoms with Crippen LogP contribution < -0.4 is 13.8 Å². The van der Waals surface area contributed by atoms with Gasteiger partial charge in [0.05, 0.1) is 48.7 Å². The Morgan fingerprint density at radius 3 is 2.43 bits per heavy atom. The number of anilines is 1. The maximum atomic E-state index is 15.6. The van der Waals surface area contributed by atoms with Gasteiger partial charge in [0.15, 0.2) is 5.54 Å². The lowest BCUT2D eigenvalue weighted by Gasteiger charge is -2.41. The van der Waals surface area contributed by atoms with Crippen LogP contribution in [0.5, 0.6) is 11.5 Å². The first-order valence-electron chi connectivity index (χ1n) is 16.2. The van der Waals surface area contributed by atoms with Gasteiger partial charge in [-0.2, -0.15) is 5.26 Å². The lowest BCUT2D eigenvalue weighted by atomic mass is 9.79. The number of likely N-dealkylation sites (N-methyl/N-ethyl adjacent to an activating group) is 1. The number of piperazine rings is 1. The van der Waals surface area contributed by atoms with Crippen LogP contribution >= 0.6 is 0 Å². The molecule has 4 heterocycles. The third-order valence-electron chi connectivity index (χ3n) is 9.90. The van der Waals surface area contributed by atoms with E-state index in [-0.39, 0.29) is 10.6 Å². The van der Waals surface area contributed by atoms with E-state index in [1.165, 1.54) is 31.6 Å². The van der Waals surface area contributed by atoms with Gasteiger partial charge in [0.1, 0.15) is 17.8 Å². The molecule has 2 fully saturated rings. The molecular weight excluding hydrogens is 644 g/mol. The number of oxazole rings is 1. The summed E-state index contributed by atoms with van der Waals surface area (Å²) in [5, 5.41) is 10.1. The van der Waals surface area contributed by atoms with Crippen LogP contribution in [0, 0.1) is 11.3 Å². The second-order valence-electron chi connectivity index (χ2n) is 12.6. The first-order chi connectivity index (χ1) is 23.7. The number of rotatable bonds is 9. The van der Waals surface area contributed by atoms with Gasteiger partial charge in [-0.25, -0.2) is 17.7 Å². The van der Waals surface area contributed by atoms with Gasteiger partial charge in [0, 0.05) is 50.4 Å². The number of carbonyl (C=O) groups is 1. The highest BCUT2D eigenvalue weighted by molar-refractivity contribution is 7.93. The molecule has 12 nitrogen and oxygen atoms in total. The molecule has 0 spiro atoms. The van der Waals surface area contributed by atoms with Crippen molar-refractivity contribution in [2.45, 2.75) is 35.9 Å². The fourth-order valence-electron chi connectivity index (χ4n) is 7.45. The molecule has 1 amide bonds. The molecule has 3 aromatic carbocycles. The van der Waals surface area contributed by atoms with Crippen LogP contribution in [-0.4, -0.2) is 88.0 Å². The zero-order valence-corrected chi connectivity index (χ0v) is 28.5. The molecule has 0 bridgehead atoms. The molecule has 0 N–H and O–H groups in total. The Morgan fingerprint density at radius 2 is 1.76 bits per heavy atom. The summed E-state index contributed by atoms with van der Waals surface area (Å²) in [7, 11) is 0.689. The van der Waals surface area contributed by atoms with Crippen LogP contribution in [0.1, 0.15) is 47.0 Å². The molecule has 2 atom stereocenters. The predicted octanol–water partition coefficient (Wildman–Crippen LogP) is 4.13. The van der Waals surface area contributed by atoms with Gasteiger partial charge in [-0.3, -0.25) is 14.6 Å². The lowest BCUT2D eigenvalue weighted by Crippen LogP contribution is -2.54. The van der Waals surface area contributed by atoms with Crippen LogP contribution in [0.3, 0.4) is 0 Å². The summed E-state index contributed by atoms with van der Waals surface area (Å²) in [6, 6.07) is 18.2. The molecule has 0 aliphatic carbocycles. The van der Waals surface area contributed by atoms with Crippen molar-refractivity contribution in [3.63, 3.8) is 0 Å². The van der Waals surface area contributed by atoms with Crippen molar-refractivity contribution in [1.29, 1.82) is 5.26 Å². The van der Waals surface area contributed by atoms with E-state index >= 15 is 4.79 Å². The Morgan fingerprint density at radius 1 is 0.980 bits per heavy atom. The zero-order chi connectivity index (χ0) is 34.3. The molecule has 1 aromatic heterocycles. The minimum atomic E-state index is -4.46. The summed E-state index contributed by atoms with van der Waals surface area (Å²) in [6.45, 7) is 4.73. The summed E-state index contributed by atoms with van der Waals surface area (Å²) in [5.41, 5.74) is 0.564. The molecule has 0 saturated carbocycles. The Hall–Kier alpha value is -4.74. The topological polar surface area (TPSA) is 132 Å². The largest absolute Gasteiger partial charge is 0.497 e. The number of carbonyl (C=O) groups excluding carboxylic acids is 1. The molecule has 3 aliphatic heterocycles. The zero-order valence-electron chi connectivity index (χ0n) is 27.7. The third-order valence-corrected chi connectivity index (χ3v) is 11.6. The number of aromatic nitrogens is 1. The van der Waals surface area contributed by atoms with E-state index in [1.54, 1.807) is 37.6 Å². The number of nitrogens with zero attached hydrogens (tertiary/aromatic N) is 6. The second kappa shape index (κ2) is 12.9. The van der Waals surface area contributed by atoms with E-state index in [1.807, 2.05) is 23.1 Å². The van der Waals surface area contributed by atoms with Crippen molar-refractivity contribution in [1.82, 2.24) is 19.7 Å². The Bertz CT molecular complexity index is 2000. The second-order valence-corrected chi connectivity index (χ2v) is 14.4. The highest BCUT2D eigenvalue weighted by Gasteiger charge is 2.63. The lowest BCUT2D eigenvalue weighted by molar-refractivity contribution is -0.127. The van der Waals surface area contributed by atoms with Crippen molar-refractivity contribution < 1.29 is 27.1 Å². The molecule has 254 valence electrons. The number of sulfonamides is 1. The van der Waals surface area contributed by atoms with Crippen molar-refractivity contribution in [2.75, 3.05) is 58.3 Å². The molecule has 13 heteroatoms. The maximum Gasteiger partial charge on any atom is 0.271 e. The fraction of sp³-hybridized carbons (Fsp3) is 0.361. The molecule has 4 aromatic rings. The average Bonchev–Trinajstić information content (AvgIpc) is 3.88. The van der Waals surface area contributed by atoms with E-state index in [2.05, 4.69) is 27.9 Å². The number of fused-ring (bicyclic) bond motifs is 1. The molecule has 7 rings (SSSR count). The SMILES string of the molecule is COc1ccc(S(=O)(=O)N2C(=O)C(c3cc(CN4CCN(C)CC4)ccc3OC)(N3CCCC3c3ncco3)c3cc(C#N)ccc32)cc1. The van der Waals surface area contributed by atoms with E-state index < -0.39 is 27.5 Å². The van der Waals surface area contributed by atoms with Crippen LogP contribution in [0.15, 0.2) is 82.4 Å². The molecule has 49 heavy (non-hydrogen) atoms. The van der Waals surface area contributed by atoms with Gasteiger partial charge in [0.2, 0.25) is 5.89 Å². The van der Waals surface area contributed by atoms with E-state index in [0.29, 0.717) is 60.0 Å². The molecule has 0 radical (unpaired) electrons. The molecule has 2 saturated heterocycles. The van der Waals surface area contributed by atoms with Gasteiger partial charge in [0.25, 0.3) is 15.9 Å². The first-order valence-corrected chi connectivity index (χ1v) is 17.7. The predicted molar refractivity (Wildman–Crippen MR) is 181 cm³/mol. The number of ether oxygens (including phenoxy) is 2. The van der Waals surface area contributed by atoms with Gasteiger partial charge in [-0.15, -0.1) is 0 Å². The smallest absolute Gasteiger partial charge is 0.271 e. The number of amides is 1. The van der Waals surface area contributed by atoms with E-state index in [9.17, 15) is 13.7 Å². The van der Waals surface area contributed by atoms with Crippen molar-refractivity contribution >= 4 is 21.6 Å². The minimum Gasteiger partial charge on any atom is -0.497 e. The van der Waals surface area contributed by atoms with E-state index in [4.69, 9.17) is 13.9 Å². The third kappa shape index (κ3) is 5.45. The maximum absolute atomic E-state index is 15.6. The number of methoxy groups -OCH3 is 2. The number of hydrogen-bond acceptors (Lipinski definition) is 11. The first kappa shape index (κ1) is 32.8. The van der Waals surface area contributed by atoms with Crippen molar-refractivity contribution in [2.24, 2.45) is 0 Å². The van der Waals surface area contributed by atoms with E-state index in [0.717, 1.165) is 36.0 Å². The molecule has 2 unspecified atom stereocenters. The number of nitriles is 1. The normalized spacial score (nSPS) is 21.9. The van der Waals surface area contributed by atoms with Crippen LogP contribution in [0.25, 0.3) is 0 Å². The highest BCUT2D eigenvalue weighted by atomic mass is 32.2. The molecule has 3 aliphatic rings. The van der Waals surface area contributed by atoms with Crippen LogP contribution in [0.2, 0.25) is 0 Å². The van der Waals surface area contributed by atoms with Crippen LogP contribution in [0.4, 0.5) is 5.69 Å². The standard InChI is InChI=1S/C36H38N6O6S/c1-39-16-18-40(19-17-39)24-26-7-13-33(47-3)30(22-26)36(41-15-4-5-32(41)34-38-14-20-48-34)29-21-25(23-37)6-12-31(29)42(35(36)43)49(44,45)28-10-8-27(46-2)9-11-28/h6-14,20-22,32H,4-5,15-19,24H2,1-3H3. The van der Waals surface area contributed by atoms with Crippen molar-refractivity contribution in [3.8, 4) is 17.6 Å². The molecular formula is C36H38N6O6S. The minimum absolute atomic E-state index is 0.0748. The number of benzene rings is 3. The summed E-state index contributed by atoms with van der Waals surface area (Å²) >= 11 is 0. The summed E-state index contributed by atoms with van der Waals surface area (Å²) in [6.07, 6.45) is 4.38. The Labute approximate surface area is 286 Å². The van der Waals surface area contributed by atoms with Gasteiger partial charge >= 0.3 is 0 Å². The van der Waals surface area contributed by atoms with Crippen LogP contribution in [-0.2, 0) is 26.9 Å². The fourth-order valence-corrected chi connectivity index (χ4v) is 8.91. The van der Waals surface area contributed by atoms with Gasteiger partial charge in [-0.1, -0.05) is 6.07 Å².